The molecule has 1 amide bonds. The van der Waals surface area contributed by atoms with Crippen molar-refractivity contribution >= 4 is 6.09 Å². The van der Waals surface area contributed by atoms with Gasteiger partial charge in [-0.1, -0.05) is 54.1 Å². The Balaban J connectivity index is 1.62. The third-order valence-electron chi connectivity index (χ3n) is 7.29. The molecule has 1 aromatic carbocycles. The van der Waals surface area contributed by atoms with Crippen LogP contribution in [0.4, 0.5) is 4.79 Å². The summed E-state index contributed by atoms with van der Waals surface area (Å²) in [6.45, 7) is 10.2. The monoisotopic (exact) mass is 433 g/mol. The summed E-state index contributed by atoms with van der Waals surface area (Å²) in [7, 11) is 0. The van der Waals surface area contributed by atoms with Crippen LogP contribution in [0, 0.1) is 12.8 Å². The van der Waals surface area contributed by atoms with Gasteiger partial charge in [-0.2, -0.15) is 0 Å². The van der Waals surface area contributed by atoms with E-state index in [1.165, 1.54) is 28.7 Å². The second-order valence-electron chi connectivity index (χ2n) is 10.9. The molecule has 3 aliphatic rings. The van der Waals surface area contributed by atoms with E-state index >= 15 is 0 Å². The number of carbonyl (C=O) groups is 1. The number of hydrogen-bond acceptors (Lipinski definition) is 2. The molecule has 172 valence electrons. The van der Waals surface area contributed by atoms with Crippen molar-refractivity contribution in [3.63, 3.8) is 0 Å². The molecule has 1 unspecified atom stereocenters. The van der Waals surface area contributed by atoms with Crippen LogP contribution < -0.4 is 0 Å². The number of amides is 1. The molecular weight excluding hydrogens is 394 g/mol. The van der Waals surface area contributed by atoms with E-state index in [1.807, 2.05) is 20.8 Å². The van der Waals surface area contributed by atoms with E-state index in [4.69, 9.17) is 4.74 Å². The summed E-state index contributed by atoms with van der Waals surface area (Å²) in [4.78, 5) is 15.6. The van der Waals surface area contributed by atoms with Crippen LogP contribution in [-0.2, 0) is 4.74 Å². The molecule has 3 nitrogen and oxygen atoms in total. The lowest BCUT2D eigenvalue weighted by molar-refractivity contribution is 0.0107. The fourth-order valence-electron chi connectivity index (χ4n) is 5.65. The minimum absolute atomic E-state index is 0.00316. The summed E-state index contributed by atoms with van der Waals surface area (Å²) in [6, 6.07) is 9.12. The van der Waals surface area contributed by atoms with Crippen LogP contribution in [0.3, 0.4) is 0 Å². The standard InChI is InChI=1S/C29H39NO2/c1-20-13-15-22(16-14-20)24-17-18-25(19-24)30(28(31)32-29(3,4)5)21(2)26-12-8-10-23-9-6-7-11-27(23)26/h7-8,11-16,21,23-25H,6,9-10,17-19H2,1-5H3/t21-,23?,24-,25+/m1/s1. The van der Waals surface area contributed by atoms with Crippen LogP contribution in [-0.4, -0.2) is 28.7 Å². The molecule has 1 saturated carbocycles. The fourth-order valence-corrected chi connectivity index (χ4v) is 5.65. The number of ether oxygens (including phenoxy) is 1. The normalized spacial score (nSPS) is 26.1. The lowest BCUT2D eigenvalue weighted by atomic mass is 9.79. The van der Waals surface area contributed by atoms with Crippen LogP contribution in [0.1, 0.15) is 83.3 Å². The summed E-state index contributed by atoms with van der Waals surface area (Å²) >= 11 is 0. The van der Waals surface area contributed by atoms with Gasteiger partial charge in [0, 0.05) is 6.04 Å². The first kappa shape index (κ1) is 22.9. The minimum atomic E-state index is -0.502. The van der Waals surface area contributed by atoms with Crippen molar-refractivity contribution in [2.45, 2.75) is 96.7 Å². The quantitative estimate of drug-likeness (QED) is 0.492. The summed E-state index contributed by atoms with van der Waals surface area (Å²) in [5, 5.41) is 0. The molecule has 1 aromatic rings. The Labute approximate surface area is 194 Å². The second-order valence-corrected chi connectivity index (χ2v) is 10.9. The first-order valence-corrected chi connectivity index (χ1v) is 12.4. The lowest BCUT2D eigenvalue weighted by Crippen LogP contribution is -2.48. The molecule has 0 spiro atoms. The zero-order valence-corrected chi connectivity index (χ0v) is 20.4. The van der Waals surface area contributed by atoms with Crippen LogP contribution in [0.15, 0.2) is 59.7 Å². The topological polar surface area (TPSA) is 29.5 Å². The first-order chi connectivity index (χ1) is 15.2. The third kappa shape index (κ3) is 5.03. The molecule has 4 atom stereocenters. The Morgan fingerprint density at radius 1 is 1.03 bits per heavy atom. The van der Waals surface area contributed by atoms with E-state index in [0.29, 0.717) is 11.8 Å². The van der Waals surface area contributed by atoms with Gasteiger partial charge < -0.3 is 4.74 Å². The van der Waals surface area contributed by atoms with Gasteiger partial charge in [0.2, 0.25) is 0 Å². The molecule has 0 N–H and O–H groups in total. The molecular formula is C29H39NO2. The number of nitrogens with zero attached hydrogens (tertiary/aromatic N) is 1. The number of allylic oxidation sites excluding steroid dienone is 4. The van der Waals surface area contributed by atoms with E-state index in [2.05, 4.69) is 67.3 Å². The van der Waals surface area contributed by atoms with Crippen molar-refractivity contribution in [2.24, 2.45) is 5.92 Å². The number of fused-ring (bicyclic) bond motifs is 1. The average Bonchev–Trinajstić information content (AvgIpc) is 3.22. The first-order valence-electron chi connectivity index (χ1n) is 12.4. The average molecular weight is 434 g/mol. The molecule has 32 heavy (non-hydrogen) atoms. The molecule has 4 rings (SSSR count). The number of aryl methyl sites for hydroxylation is 1. The van der Waals surface area contributed by atoms with E-state index in [1.54, 1.807) is 0 Å². The van der Waals surface area contributed by atoms with E-state index in [-0.39, 0.29) is 18.2 Å². The molecule has 0 bridgehead atoms. The van der Waals surface area contributed by atoms with Crippen molar-refractivity contribution in [1.82, 2.24) is 4.90 Å². The fraction of sp³-hybridized carbons (Fsp3) is 0.552. The van der Waals surface area contributed by atoms with Gasteiger partial charge in [-0.05, 0) is 102 Å². The highest BCUT2D eigenvalue weighted by Crippen LogP contribution is 2.41. The van der Waals surface area contributed by atoms with Crippen LogP contribution in [0.5, 0.6) is 0 Å². The maximum atomic E-state index is 13.5. The highest BCUT2D eigenvalue weighted by atomic mass is 16.6. The molecule has 3 heteroatoms. The number of rotatable bonds is 4. The summed E-state index contributed by atoms with van der Waals surface area (Å²) in [5.74, 6) is 1.09. The van der Waals surface area contributed by atoms with Gasteiger partial charge in [0.25, 0.3) is 0 Å². The molecule has 0 saturated heterocycles. The van der Waals surface area contributed by atoms with Gasteiger partial charge in [-0.3, -0.25) is 4.90 Å². The highest BCUT2D eigenvalue weighted by molar-refractivity contribution is 5.70. The minimum Gasteiger partial charge on any atom is -0.444 e. The molecule has 0 aliphatic heterocycles. The Morgan fingerprint density at radius 3 is 2.50 bits per heavy atom. The SMILES string of the molecule is Cc1ccc([C@@H]2CC[C@H](N(C(=O)OC(C)(C)C)[C@H](C)C3=C4C=CCCC4CC=C3)C2)cc1. The summed E-state index contributed by atoms with van der Waals surface area (Å²) in [6.07, 6.45) is 15.6. The number of hydrogen-bond donors (Lipinski definition) is 0. The van der Waals surface area contributed by atoms with Gasteiger partial charge in [0.05, 0.1) is 6.04 Å². The predicted octanol–water partition coefficient (Wildman–Crippen LogP) is 7.48. The maximum Gasteiger partial charge on any atom is 0.411 e. The van der Waals surface area contributed by atoms with Gasteiger partial charge in [-0.25, -0.2) is 4.79 Å². The molecule has 3 aliphatic carbocycles. The van der Waals surface area contributed by atoms with Crippen molar-refractivity contribution in [1.29, 1.82) is 0 Å². The van der Waals surface area contributed by atoms with Crippen molar-refractivity contribution in [3.8, 4) is 0 Å². The van der Waals surface area contributed by atoms with E-state index < -0.39 is 5.60 Å². The smallest absolute Gasteiger partial charge is 0.411 e. The largest absolute Gasteiger partial charge is 0.444 e. The van der Waals surface area contributed by atoms with Gasteiger partial charge in [0.15, 0.2) is 0 Å². The Morgan fingerprint density at radius 2 is 1.78 bits per heavy atom. The van der Waals surface area contributed by atoms with Gasteiger partial charge in [0.1, 0.15) is 5.60 Å². The van der Waals surface area contributed by atoms with Crippen LogP contribution >= 0.6 is 0 Å². The number of carbonyl (C=O) groups excluding carboxylic acids is 1. The Kier molecular flexibility index (Phi) is 6.65. The van der Waals surface area contributed by atoms with E-state index in [0.717, 1.165) is 32.1 Å². The number of benzene rings is 1. The van der Waals surface area contributed by atoms with Crippen molar-refractivity contribution < 1.29 is 9.53 Å². The van der Waals surface area contributed by atoms with Gasteiger partial charge >= 0.3 is 6.09 Å². The molecule has 1 fully saturated rings. The Hall–Kier alpha value is -2.29. The van der Waals surface area contributed by atoms with E-state index in [9.17, 15) is 4.79 Å². The molecule has 0 radical (unpaired) electrons. The van der Waals surface area contributed by atoms with Crippen LogP contribution in [0.25, 0.3) is 0 Å². The molecule has 0 aromatic heterocycles. The summed E-state index contributed by atoms with van der Waals surface area (Å²) in [5.41, 5.74) is 4.90. The van der Waals surface area contributed by atoms with Gasteiger partial charge in [-0.15, -0.1) is 0 Å². The lowest BCUT2D eigenvalue weighted by Gasteiger charge is -2.39. The third-order valence-corrected chi connectivity index (χ3v) is 7.29. The van der Waals surface area contributed by atoms with Crippen LogP contribution in [0.2, 0.25) is 0 Å². The molecule has 0 heterocycles. The van der Waals surface area contributed by atoms with Crippen molar-refractivity contribution in [3.05, 3.63) is 70.8 Å². The predicted molar refractivity (Wildman–Crippen MR) is 132 cm³/mol. The maximum absolute atomic E-state index is 13.5. The Bertz CT molecular complexity index is 915. The zero-order chi connectivity index (χ0) is 22.9. The second kappa shape index (κ2) is 9.29. The zero-order valence-electron chi connectivity index (χ0n) is 20.4. The highest BCUT2D eigenvalue weighted by Gasteiger charge is 2.39. The van der Waals surface area contributed by atoms with Crippen molar-refractivity contribution in [2.75, 3.05) is 0 Å². The summed E-state index contributed by atoms with van der Waals surface area (Å²) < 4.78 is 5.94.